The molecule has 0 unspecified atom stereocenters. The fourth-order valence-electron chi connectivity index (χ4n) is 2.48. The fraction of sp³-hybridized carbons (Fsp3) is 0.235. The Morgan fingerprint density at radius 3 is 3.00 bits per heavy atom. The van der Waals surface area contributed by atoms with Crippen molar-refractivity contribution >= 4 is 17.1 Å². The minimum atomic E-state index is -0.135. The van der Waals surface area contributed by atoms with Crippen LogP contribution in [-0.4, -0.2) is 22.4 Å². The predicted octanol–water partition coefficient (Wildman–Crippen LogP) is 2.24. The van der Waals surface area contributed by atoms with E-state index in [4.69, 9.17) is 4.74 Å². The number of carbonyl (C=O) groups is 1. The molecular formula is C17H19N4O2+. The topological polar surface area (TPSA) is 70.9 Å². The highest BCUT2D eigenvalue weighted by Crippen LogP contribution is 2.21. The van der Waals surface area contributed by atoms with Gasteiger partial charge in [-0.25, -0.2) is 4.98 Å². The van der Waals surface area contributed by atoms with Gasteiger partial charge in [0, 0.05) is 12.7 Å². The molecule has 23 heavy (non-hydrogen) atoms. The summed E-state index contributed by atoms with van der Waals surface area (Å²) >= 11 is 0. The highest BCUT2D eigenvalue weighted by Gasteiger charge is 2.24. The Balaban J connectivity index is 2.04. The lowest BCUT2D eigenvalue weighted by atomic mass is 10.2. The van der Waals surface area contributed by atoms with Crippen molar-refractivity contribution in [3.63, 3.8) is 0 Å². The van der Waals surface area contributed by atoms with Gasteiger partial charge in [-0.15, -0.1) is 0 Å². The average Bonchev–Trinajstić information content (AvgIpc) is 2.95. The number of aromatic amines is 1. The number of amides is 1. The van der Waals surface area contributed by atoms with Crippen molar-refractivity contribution in [3.05, 3.63) is 47.8 Å². The number of nitrogens with zero attached hydrogens (tertiary/aromatic N) is 2. The quantitative estimate of drug-likeness (QED) is 0.726. The number of rotatable bonds is 4. The number of hydrogen-bond donors (Lipinski definition) is 2. The Labute approximate surface area is 134 Å². The summed E-state index contributed by atoms with van der Waals surface area (Å²) in [6, 6.07) is 7.78. The molecule has 0 aliphatic carbocycles. The zero-order valence-corrected chi connectivity index (χ0v) is 13.4. The first-order valence-electron chi connectivity index (χ1n) is 7.49. The smallest absolute Gasteiger partial charge is 0.392 e. The minimum absolute atomic E-state index is 0.135. The van der Waals surface area contributed by atoms with Gasteiger partial charge in [0.15, 0.2) is 0 Å². The Bertz CT molecular complexity index is 870. The van der Waals surface area contributed by atoms with Crippen molar-refractivity contribution in [1.82, 2.24) is 15.3 Å². The van der Waals surface area contributed by atoms with Gasteiger partial charge in [-0.1, -0.05) is 12.1 Å². The number of aryl methyl sites for hydroxylation is 2. The van der Waals surface area contributed by atoms with Crippen LogP contribution in [0.5, 0.6) is 11.6 Å². The molecule has 0 aliphatic rings. The number of carbonyl (C=O) groups excluding carboxylic acids is 1. The number of benzene rings is 1. The maximum absolute atomic E-state index is 12.2. The van der Waals surface area contributed by atoms with E-state index in [9.17, 15) is 4.79 Å². The highest BCUT2D eigenvalue weighted by atomic mass is 16.5. The van der Waals surface area contributed by atoms with Gasteiger partial charge in [0.25, 0.3) is 11.4 Å². The number of hydrogen-bond acceptors (Lipinski definition) is 3. The SMILES string of the molecule is CCNC(=O)c1c[nH]c2ncc(Oc3cccc(C)c3)[n+](C)c12. The molecule has 0 radical (unpaired) electrons. The van der Waals surface area contributed by atoms with Gasteiger partial charge >= 0.3 is 5.88 Å². The van der Waals surface area contributed by atoms with E-state index < -0.39 is 0 Å². The monoisotopic (exact) mass is 311 g/mol. The summed E-state index contributed by atoms with van der Waals surface area (Å²) in [5, 5.41) is 2.80. The van der Waals surface area contributed by atoms with Crippen LogP contribution >= 0.6 is 0 Å². The standard InChI is InChI=1S/C17H18N4O2/c1-4-18-17(22)13-9-19-16-15(13)21(3)14(10-20-16)23-12-7-5-6-11(2)8-12/h5-10H,4H2,1-3H3,(H,18,22)/p+1. The average molecular weight is 311 g/mol. The lowest BCUT2D eigenvalue weighted by Crippen LogP contribution is -2.34. The van der Waals surface area contributed by atoms with E-state index in [0.29, 0.717) is 29.2 Å². The molecule has 118 valence electrons. The Morgan fingerprint density at radius 2 is 2.26 bits per heavy atom. The Hall–Kier alpha value is -2.89. The van der Waals surface area contributed by atoms with Gasteiger partial charge in [0.1, 0.15) is 24.6 Å². The summed E-state index contributed by atoms with van der Waals surface area (Å²) in [5.74, 6) is 1.16. The second-order valence-corrected chi connectivity index (χ2v) is 5.33. The van der Waals surface area contributed by atoms with E-state index in [0.717, 1.165) is 11.3 Å². The van der Waals surface area contributed by atoms with Crippen LogP contribution in [0.1, 0.15) is 22.8 Å². The number of fused-ring (bicyclic) bond motifs is 1. The fourth-order valence-corrected chi connectivity index (χ4v) is 2.48. The van der Waals surface area contributed by atoms with E-state index >= 15 is 0 Å². The van der Waals surface area contributed by atoms with Crippen LogP contribution < -0.4 is 14.6 Å². The van der Waals surface area contributed by atoms with Gasteiger partial charge in [-0.3, -0.25) is 4.79 Å². The summed E-state index contributed by atoms with van der Waals surface area (Å²) < 4.78 is 7.74. The maximum atomic E-state index is 12.2. The molecule has 0 saturated carbocycles. The van der Waals surface area contributed by atoms with Gasteiger partial charge in [0.2, 0.25) is 5.65 Å². The molecule has 2 heterocycles. The summed E-state index contributed by atoms with van der Waals surface area (Å²) in [7, 11) is 1.85. The van der Waals surface area contributed by atoms with Crippen LogP contribution in [0.4, 0.5) is 0 Å². The second kappa shape index (κ2) is 6.08. The zero-order chi connectivity index (χ0) is 16.4. The molecule has 6 nitrogen and oxygen atoms in total. The summed E-state index contributed by atoms with van der Waals surface area (Å²) in [5.41, 5.74) is 3.02. The number of ether oxygens (including phenoxy) is 1. The third-order valence-corrected chi connectivity index (χ3v) is 3.60. The number of aromatic nitrogens is 3. The summed E-state index contributed by atoms with van der Waals surface area (Å²) in [6.07, 6.45) is 3.31. The van der Waals surface area contributed by atoms with Crippen LogP contribution in [0.2, 0.25) is 0 Å². The first kappa shape index (κ1) is 15.0. The number of nitrogens with one attached hydrogen (secondary N) is 2. The van der Waals surface area contributed by atoms with Crippen LogP contribution in [-0.2, 0) is 7.05 Å². The van der Waals surface area contributed by atoms with Crippen LogP contribution in [0.3, 0.4) is 0 Å². The van der Waals surface area contributed by atoms with E-state index in [1.165, 1.54) is 0 Å². The maximum Gasteiger partial charge on any atom is 0.392 e. The van der Waals surface area contributed by atoms with Gasteiger partial charge in [-0.05, 0) is 31.5 Å². The molecule has 3 aromatic rings. The highest BCUT2D eigenvalue weighted by molar-refractivity contribution is 6.03. The molecule has 6 heteroatoms. The first-order valence-corrected chi connectivity index (χ1v) is 7.49. The molecule has 0 aliphatic heterocycles. The van der Waals surface area contributed by atoms with E-state index in [1.807, 2.05) is 49.7 Å². The number of H-pyrrole nitrogens is 1. The molecule has 0 atom stereocenters. The molecule has 2 aromatic heterocycles. The third-order valence-electron chi connectivity index (χ3n) is 3.60. The lowest BCUT2D eigenvalue weighted by Gasteiger charge is -2.05. The van der Waals surface area contributed by atoms with Gasteiger partial charge in [0.05, 0.1) is 0 Å². The molecule has 2 N–H and O–H groups in total. The van der Waals surface area contributed by atoms with Crippen molar-refractivity contribution < 1.29 is 14.1 Å². The largest absolute Gasteiger partial charge is 0.404 e. The predicted molar refractivity (Wildman–Crippen MR) is 86.5 cm³/mol. The van der Waals surface area contributed by atoms with Crippen molar-refractivity contribution in [3.8, 4) is 11.6 Å². The molecule has 0 spiro atoms. The van der Waals surface area contributed by atoms with Crippen LogP contribution in [0.15, 0.2) is 36.7 Å². The molecule has 1 aromatic carbocycles. The molecular weight excluding hydrogens is 292 g/mol. The third kappa shape index (κ3) is 2.88. The molecule has 1 amide bonds. The summed E-state index contributed by atoms with van der Waals surface area (Å²) in [4.78, 5) is 19.5. The Kier molecular flexibility index (Phi) is 3.97. The van der Waals surface area contributed by atoms with Crippen molar-refractivity contribution in [2.24, 2.45) is 7.05 Å². The van der Waals surface area contributed by atoms with Crippen LogP contribution in [0.25, 0.3) is 11.2 Å². The van der Waals surface area contributed by atoms with E-state index in [2.05, 4.69) is 15.3 Å². The van der Waals surface area contributed by atoms with Crippen LogP contribution in [0, 0.1) is 6.92 Å². The molecule has 0 saturated heterocycles. The normalized spacial score (nSPS) is 10.7. The van der Waals surface area contributed by atoms with Gasteiger partial charge < -0.3 is 15.0 Å². The van der Waals surface area contributed by atoms with Crippen molar-refractivity contribution in [1.29, 1.82) is 0 Å². The second-order valence-electron chi connectivity index (χ2n) is 5.33. The van der Waals surface area contributed by atoms with E-state index in [1.54, 1.807) is 12.4 Å². The van der Waals surface area contributed by atoms with Crippen molar-refractivity contribution in [2.75, 3.05) is 6.54 Å². The Morgan fingerprint density at radius 1 is 1.43 bits per heavy atom. The lowest BCUT2D eigenvalue weighted by molar-refractivity contribution is -0.650. The van der Waals surface area contributed by atoms with E-state index in [-0.39, 0.29) is 5.91 Å². The molecule has 0 fully saturated rings. The minimum Gasteiger partial charge on any atom is -0.404 e. The molecule has 0 bridgehead atoms. The van der Waals surface area contributed by atoms with Crippen molar-refractivity contribution in [2.45, 2.75) is 13.8 Å². The van der Waals surface area contributed by atoms with Gasteiger partial charge in [-0.2, -0.15) is 4.57 Å². The molecule has 3 rings (SSSR count). The first-order chi connectivity index (χ1) is 11.1. The summed E-state index contributed by atoms with van der Waals surface area (Å²) in [6.45, 7) is 4.47. The zero-order valence-electron chi connectivity index (χ0n) is 13.4.